The molecule has 1 atom stereocenters. The molecule has 0 fully saturated rings. The molecule has 0 radical (unpaired) electrons. The van der Waals surface area contributed by atoms with Crippen molar-refractivity contribution in [3.05, 3.63) is 23.3 Å². The van der Waals surface area contributed by atoms with E-state index in [1.165, 1.54) is 0 Å². The van der Waals surface area contributed by atoms with E-state index < -0.39 is 10.8 Å². The van der Waals surface area contributed by atoms with E-state index in [2.05, 4.69) is 0 Å². The summed E-state index contributed by atoms with van der Waals surface area (Å²) in [6.07, 6.45) is 1.56. The Bertz CT molecular complexity index is 438. The van der Waals surface area contributed by atoms with Gasteiger partial charge in [-0.05, 0) is 37.1 Å². The Morgan fingerprint density at radius 2 is 2.13 bits per heavy atom. The first kappa shape index (κ1) is 10.6. The predicted molar refractivity (Wildman–Crippen MR) is 58.3 cm³/mol. The molecular weight excluding hydrogens is 212 g/mol. The fourth-order valence-corrected chi connectivity index (χ4v) is 2.49. The van der Waals surface area contributed by atoms with Gasteiger partial charge in [0.2, 0.25) is 0 Å². The molecule has 0 bridgehead atoms. The second-order valence-electron chi connectivity index (χ2n) is 4.23. The van der Waals surface area contributed by atoms with Gasteiger partial charge in [0.25, 0.3) is 0 Å². The Morgan fingerprint density at radius 3 is 2.73 bits per heavy atom. The van der Waals surface area contributed by atoms with E-state index in [1.54, 1.807) is 18.4 Å². The van der Waals surface area contributed by atoms with Crippen LogP contribution in [0.2, 0.25) is 0 Å². The summed E-state index contributed by atoms with van der Waals surface area (Å²) in [5.74, 6) is 0.0934. The standard InChI is InChI=1S/C11H14O3S/c1-11(2)8-5-10(15(3)13)9(12)4-7(8)6-14-11/h4-5,12H,6H2,1-3H3. The van der Waals surface area contributed by atoms with Gasteiger partial charge >= 0.3 is 0 Å². The van der Waals surface area contributed by atoms with Gasteiger partial charge in [0.15, 0.2) is 0 Å². The molecule has 1 aliphatic heterocycles. The van der Waals surface area contributed by atoms with Crippen molar-refractivity contribution in [2.24, 2.45) is 0 Å². The minimum atomic E-state index is -1.17. The van der Waals surface area contributed by atoms with Gasteiger partial charge in [-0.25, -0.2) is 0 Å². The summed E-state index contributed by atoms with van der Waals surface area (Å²) in [6.45, 7) is 4.45. The Hall–Kier alpha value is -0.870. The Morgan fingerprint density at radius 1 is 1.47 bits per heavy atom. The minimum absolute atomic E-state index is 0.0934. The highest BCUT2D eigenvalue weighted by Gasteiger charge is 2.32. The molecule has 1 aromatic rings. The van der Waals surface area contributed by atoms with Crippen LogP contribution in [0.5, 0.6) is 5.75 Å². The van der Waals surface area contributed by atoms with E-state index in [0.29, 0.717) is 11.5 Å². The quantitative estimate of drug-likeness (QED) is 0.795. The van der Waals surface area contributed by atoms with Gasteiger partial charge in [0.1, 0.15) is 5.75 Å². The van der Waals surface area contributed by atoms with Crippen LogP contribution in [0, 0.1) is 0 Å². The number of ether oxygens (including phenoxy) is 1. The van der Waals surface area contributed by atoms with Gasteiger partial charge in [0.05, 0.1) is 27.9 Å². The maximum atomic E-state index is 11.4. The summed E-state index contributed by atoms with van der Waals surface area (Å²) in [5, 5.41) is 9.67. The Kier molecular flexibility index (Phi) is 2.35. The Labute approximate surface area is 91.5 Å². The minimum Gasteiger partial charge on any atom is -0.507 e. The number of phenols is 1. The van der Waals surface area contributed by atoms with Crippen LogP contribution in [-0.4, -0.2) is 15.6 Å². The lowest BCUT2D eigenvalue weighted by molar-refractivity contribution is -0.00796. The molecule has 1 N–H and O–H groups in total. The highest BCUT2D eigenvalue weighted by molar-refractivity contribution is 7.84. The van der Waals surface area contributed by atoms with Crippen molar-refractivity contribution in [1.29, 1.82) is 0 Å². The molecule has 1 unspecified atom stereocenters. The number of benzene rings is 1. The first-order chi connectivity index (χ1) is 6.92. The first-order valence-corrected chi connectivity index (χ1v) is 6.31. The molecule has 0 amide bonds. The first-order valence-electron chi connectivity index (χ1n) is 4.75. The highest BCUT2D eigenvalue weighted by Crippen LogP contribution is 2.39. The molecule has 4 heteroatoms. The smallest absolute Gasteiger partial charge is 0.132 e. The zero-order valence-electron chi connectivity index (χ0n) is 9.03. The number of rotatable bonds is 1. The van der Waals surface area contributed by atoms with Gasteiger partial charge in [-0.2, -0.15) is 0 Å². The van der Waals surface area contributed by atoms with Crippen molar-refractivity contribution in [3.63, 3.8) is 0 Å². The van der Waals surface area contributed by atoms with Crippen molar-refractivity contribution in [3.8, 4) is 5.75 Å². The summed E-state index contributed by atoms with van der Waals surface area (Å²) in [6, 6.07) is 3.44. The topological polar surface area (TPSA) is 46.5 Å². The van der Waals surface area contributed by atoms with E-state index in [9.17, 15) is 9.32 Å². The monoisotopic (exact) mass is 226 g/mol. The fraction of sp³-hybridized carbons (Fsp3) is 0.455. The average molecular weight is 226 g/mol. The van der Waals surface area contributed by atoms with E-state index in [1.807, 2.05) is 13.8 Å². The molecule has 0 saturated heterocycles. The van der Waals surface area contributed by atoms with Crippen molar-refractivity contribution >= 4 is 10.8 Å². The second kappa shape index (κ2) is 3.32. The van der Waals surface area contributed by atoms with Gasteiger partial charge in [-0.1, -0.05) is 0 Å². The lowest BCUT2D eigenvalue weighted by atomic mass is 9.96. The van der Waals surface area contributed by atoms with Crippen LogP contribution in [0.15, 0.2) is 17.0 Å². The SMILES string of the molecule is CS(=O)c1cc2c(cc1O)COC2(C)C. The van der Waals surface area contributed by atoms with Crippen LogP contribution in [0.3, 0.4) is 0 Å². The Balaban J connectivity index is 2.62. The lowest BCUT2D eigenvalue weighted by Gasteiger charge is -2.18. The van der Waals surface area contributed by atoms with Crippen LogP contribution in [0.25, 0.3) is 0 Å². The molecule has 3 nitrogen and oxygen atoms in total. The van der Waals surface area contributed by atoms with E-state index in [-0.39, 0.29) is 11.4 Å². The van der Waals surface area contributed by atoms with E-state index in [0.717, 1.165) is 11.1 Å². The number of phenolic OH excluding ortho intramolecular Hbond substituents is 1. The molecule has 0 saturated carbocycles. The van der Waals surface area contributed by atoms with Crippen molar-refractivity contribution in [2.45, 2.75) is 31.0 Å². The summed E-state index contributed by atoms with van der Waals surface area (Å²) in [7, 11) is -1.17. The van der Waals surface area contributed by atoms with Gasteiger partial charge in [-0.15, -0.1) is 0 Å². The maximum Gasteiger partial charge on any atom is 0.132 e. The molecule has 2 rings (SSSR count). The van der Waals surface area contributed by atoms with E-state index >= 15 is 0 Å². The van der Waals surface area contributed by atoms with Crippen LogP contribution in [0.1, 0.15) is 25.0 Å². The van der Waals surface area contributed by atoms with E-state index in [4.69, 9.17) is 4.74 Å². The van der Waals surface area contributed by atoms with Gasteiger partial charge in [0, 0.05) is 6.26 Å². The maximum absolute atomic E-state index is 11.4. The van der Waals surface area contributed by atoms with Crippen LogP contribution >= 0.6 is 0 Å². The van der Waals surface area contributed by atoms with Crippen LogP contribution < -0.4 is 0 Å². The molecule has 0 aliphatic carbocycles. The summed E-state index contributed by atoms with van der Waals surface area (Å²) in [4.78, 5) is 0.479. The third-order valence-corrected chi connectivity index (χ3v) is 3.68. The molecule has 0 aromatic heterocycles. The van der Waals surface area contributed by atoms with Gasteiger partial charge < -0.3 is 9.84 Å². The van der Waals surface area contributed by atoms with Crippen LogP contribution in [0.4, 0.5) is 0 Å². The number of hydrogen-bond donors (Lipinski definition) is 1. The number of fused-ring (bicyclic) bond motifs is 1. The van der Waals surface area contributed by atoms with Gasteiger partial charge in [-0.3, -0.25) is 4.21 Å². The van der Waals surface area contributed by atoms with Crippen molar-refractivity contribution < 1.29 is 14.1 Å². The third-order valence-electron chi connectivity index (χ3n) is 2.73. The van der Waals surface area contributed by atoms with Crippen LogP contribution in [-0.2, 0) is 27.7 Å². The van der Waals surface area contributed by atoms with Crippen molar-refractivity contribution in [2.75, 3.05) is 6.26 Å². The average Bonchev–Trinajstić information content (AvgIpc) is 2.40. The number of aromatic hydroxyl groups is 1. The molecule has 1 heterocycles. The largest absolute Gasteiger partial charge is 0.507 e. The zero-order chi connectivity index (χ0) is 11.2. The molecule has 0 spiro atoms. The molecular formula is C11H14O3S. The molecule has 82 valence electrons. The highest BCUT2D eigenvalue weighted by atomic mass is 32.2. The second-order valence-corrected chi connectivity index (χ2v) is 5.58. The van der Waals surface area contributed by atoms with Crippen molar-refractivity contribution in [1.82, 2.24) is 0 Å². The summed E-state index contributed by atoms with van der Waals surface area (Å²) < 4.78 is 17.0. The third kappa shape index (κ3) is 1.68. The normalized spacial score (nSPS) is 19.9. The molecule has 15 heavy (non-hydrogen) atoms. The predicted octanol–water partition coefficient (Wildman–Crippen LogP) is 1.89. The fourth-order valence-electron chi connectivity index (χ4n) is 1.86. The lowest BCUT2D eigenvalue weighted by Crippen LogP contribution is -2.14. The molecule has 1 aromatic carbocycles. The molecule has 1 aliphatic rings. The summed E-state index contributed by atoms with van der Waals surface area (Å²) in [5.41, 5.74) is 1.65. The number of hydrogen-bond acceptors (Lipinski definition) is 3. The summed E-state index contributed by atoms with van der Waals surface area (Å²) >= 11 is 0. The zero-order valence-corrected chi connectivity index (χ0v) is 9.85.